The van der Waals surface area contributed by atoms with Gasteiger partial charge >= 0.3 is 5.97 Å². The Morgan fingerprint density at radius 1 is 1.10 bits per heavy atom. The highest BCUT2D eigenvalue weighted by atomic mass is 16.5. The number of amides is 1. The number of nitrogens with zero attached hydrogens (tertiary/aromatic N) is 1. The van der Waals surface area contributed by atoms with Crippen molar-refractivity contribution in [1.82, 2.24) is 10.3 Å². The predicted octanol–water partition coefficient (Wildman–Crippen LogP) is 4.21. The lowest BCUT2D eigenvalue weighted by Gasteiger charge is -2.18. The first-order valence-electron chi connectivity index (χ1n) is 10.2. The molecule has 30 heavy (non-hydrogen) atoms. The number of carbonyl (C=O) groups excluding carboxylic acids is 2. The molecule has 0 unspecified atom stereocenters. The number of rotatable bonds is 5. The zero-order valence-corrected chi connectivity index (χ0v) is 16.8. The molecule has 0 bridgehead atoms. The summed E-state index contributed by atoms with van der Waals surface area (Å²) in [6.07, 6.45) is 3.28. The predicted molar refractivity (Wildman–Crippen MR) is 114 cm³/mol. The third-order valence-corrected chi connectivity index (χ3v) is 5.45. The standard InChI is InChI=1S/C24H24N2O4/c1-15(23(28)25-17-6-2-3-7-17)30-24(29)20-14-22(16-10-12-18(27)13-11-16)26-21-9-5-4-8-19(20)21/h4-5,8-15,17,27H,2-3,6-7H2,1H3,(H,25,28)/t15-/m1/s1. The Balaban J connectivity index is 1.60. The van der Waals surface area contributed by atoms with Crippen LogP contribution >= 0.6 is 0 Å². The molecule has 6 nitrogen and oxygen atoms in total. The summed E-state index contributed by atoms with van der Waals surface area (Å²) in [5.41, 5.74) is 2.35. The maximum atomic E-state index is 13.0. The third kappa shape index (κ3) is 4.27. The quantitative estimate of drug-likeness (QED) is 0.622. The van der Waals surface area contributed by atoms with Gasteiger partial charge in [0.2, 0.25) is 0 Å². The number of carbonyl (C=O) groups is 2. The molecule has 0 aliphatic heterocycles. The average Bonchev–Trinajstić information content (AvgIpc) is 3.26. The normalized spacial score (nSPS) is 15.1. The van der Waals surface area contributed by atoms with E-state index in [1.54, 1.807) is 37.3 Å². The molecule has 1 saturated carbocycles. The van der Waals surface area contributed by atoms with E-state index in [1.807, 2.05) is 24.3 Å². The number of esters is 1. The molecule has 4 rings (SSSR count). The number of phenols is 1. The first kappa shape index (κ1) is 19.9. The molecule has 0 radical (unpaired) electrons. The van der Waals surface area contributed by atoms with Gasteiger partial charge in [0.1, 0.15) is 5.75 Å². The van der Waals surface area contributed by atoms with Crippen molar-refractivity contribution in [2.75, 3.05) is 0 Å². The van der Waals surface area contributed by atoms with Crippen molar-refractivity contribution in [2.45, 2.75) is 44.8 Å². The molecule has 3 aromatic rings. The van der Waals surface area contributed by atoms with E-state index >= 15 is 0 Å². The van der Waals surface area contributed by atoms with E-state index in [-0.39, 0.29) is 17.7 Å². The van der Waals surface area contributed by atoms with Crippen LogP contribution in [0.4, 0.5) is 0 Å². The summed E-state index contributed by atoms with van der Waals surface area (Å²) in [7, 11) is 0. The number of phenolic OH excluding ortho intramolecular Hbond substituents is 1. The van der Waals surface area contributed by atoms with Gasteiger partial charge in [-0.05, 0) is 56.2 Å². The Hall–Kier alpha value is -3.41. The maximum absolute atomic E-state index is 13.0. The van der Waals surface area contributed by atoms with Crippen molar-refractivity contribution < 1.29 is 19.4 Å². The molecular weight excluding hydrogens is 380 g/mol. The number of aromatic nitrogens is 1. The zero-order chi connectivity index (χ0) is 21.1. The fourth-order valence-electron chi connectivity index (χ4n) is 3.79. The number of fused-ring (bicyclic) bond motifs is 1. The lowest BCUT2D eigenvalue weighted by atomic mass is 10.0. The average molecular weight is 404 g/mol. The number of benzene rings is 2. The molecule has 1 amide bonds. The van der Waals surface area contributed by atoms with Crippen LogP contribution in [0, 0.1) is 0 Å². The number of aromatic hydroxyl groups is 1. The van der Waals surface area contributed by atoms with Gasteiger partial charge in [0.25, 0.3) is 5.91 Å². The van der Waals surface area contributed by atoms with E-state index in [0.717, 1.165) is 31.2 Å². The fraction of sp³-hybridized carbons (Fsp3) is 0.292. The Kier molecular flexibility index (Phi) is 5.65. The SMILES string of the molecule is C[C@@H](OC(=O)c1cc(-c2ccc(O)cc2)nc2ccccc12)C(=O)NC1CCCC1. The lowest BCUT2D eigenvalue weighted by Crippen LogP contribution is -2.40. The van der Waals surface area contributed by atoms with Gasteiger partial charge in [0, 0.05) is 17.0 Å². The van der Waals surface area contributed by atoms with E-state index in [4.69, 9.17) is 4.74 Å². The highest BCUT2D eigenvalue weighted by Crippen LogP contribution is 2.27. The molecule has 1 aromatic heterocycles. The first-order valence-corrected chi connectivity index (χ1v) is 10.2. The number of nitrogens with one attached hydrogen (secondary N) is 1. The molecule has 2 N–H and O–H groups in total. The van der Waals surface area contributed by atoms with Crippen molar-refractivity contribution >= 4 is 22.8 Å². The highest BCUT2D eigenvalue weighted by molar-refractivity contribution is 6.05. The summed E-state index contributed by atoms with van der Waals surface area (Å²) < 4.78 is 5.51. The molecular formula is C24H24N2O4. The monoisotopic (exact) mass is 404 g/mol. The summed E-state index contributed by atoms with van der Waals surface area (Å²) in [5, 5.41) is 13.2. The van der Waals surface area contributed by atoms with Gasteiger partial charge < -0.3 is 15.2 Å². The molecule has 2 aromatic carbocycles. The molecule has 1 heterocycles. The maximum Gasteiger partial charge on any atom is 0.339 e. The van der Waals surface area contributed by atoms with Gasteiger partial charge in [-0.15, -0.1) is 0 Å². The molecule has 1 atom stereocenters. The second-order valence-corrected chi connectivity index (χ2v) is 7.66. The van der Waals surface area contributed by atoms with Crippen LogP contribution in [0.2, 0.25) is 0 Å². The van der Waals surface area contributed by atoms with Crippen LogP contribution in [0.15, 0.2) is 54.6 Å². The first-order chi connectivity index (χ1) is 14.5. The summed E-state index contributed by atoms with van der Waals surface area (Å²) in [4.78, 5) is 30.0. The summed E-state index contributed by atoms with van der Waals surface area (Å²) in [6.45, 7) is 1.59. The van der Waals surface area contributed by atoms with Crippen LogP contribution in [0.5, 0.6) is 5.75 Å². The minimum atomic E-state index is -0.887. The van der Waals surface area contributed by atoms with E-state index in [2.05, 4.69) is 10.3 Å². The van der Waals surface area contributed by atoms with E-state index < -0.39 is 12.1 Å². The van der Waals surface area contributed by atoms with Crippen LogP contribution in [-0.2, 0) is 9.53 Å². The summed E-state index contributed by atoms with van der Waals surface area (Å²) in [6, 6.07) is 15.8. The molecule has 1 aliphatic carbocycles. The molecule has 1 fully saturated rings. The van der Waals surface area contributed by atoms with Crippen LogP contribution in [0.25, 0.3) is 22.2 Å². The Bertz CT molecular complexity index is 1070. The largest absolute Gasteiger partial charge is 0.508 e. The van der Waals surface area contributed by atoms with Gasteiger partial charge in [-0.1, -0.05) is 31.0 Å². The Morgan fingerprint density at radius 3 is 2.53 bits per heavy atom. The molecule has 1 aliphatic rings. The highest BCUT2D eigenvalue weighted by Gasteiger charge is 2.24. The molecule has 6 heteroatoms. The second kappa shape index (κ2) is 8.53. The lowest BCUT2D eigenvalue weighted by molar-refractivity contribution is -0.129. The van der Waals surface area contributed by atoms with Crippen LogP contribution in [0.3, 0.4) is 0 Å². The minimum absolute atomic E-state index is 0.154. The number of hydrogen-bond donors (Lipinski definition) is 2. The summed E-state index contributed by atoms with van der Waals surface area (Å²) >= 11 is 0. The fourth-order valence-corrected chi connectivity index (χ4v) is 3.79. The topological polar surface area (TPSA) is 88.5 Å². The van der Waals surface area contributed by atoms with E-state index in [1.165, 1.54) is 0 Å². The number of hydrogen-bond acceptors (Lipinski definition) is 5. The Labute approximate surface area is 174 Å². The van der Waals surface area contributed by atoms with E-state index in [9.17, 15) is 14.7 Å². The number of para-hydroxylation sites is 1. The molecule has 154 valence electrons. The van der Waals surface area contributed by atoms with Crippen molar-refractivity contribution in [3.8, 4) is 17.0 Å². The van der Waals surface area contributed by atoms with Gasteiger partial charge in [-0.3, -0.25) is 4.79 Å². The van der Waals surface area contributed by atoms with Crippen molar-refractivity contribution in [1.29, 1.82) is 0 Å². The van der Waals surface area contributed by atoms with Crippen LogP contribution in [-0.4, -0.2) is 34.1 Å². The molecule has 0 saturated heterocycles. The van der Waals surface area contributed by atoms with Gasteiger partial charge in [-0.2, -0.15) is 0 Å². The van der Waals surface area contributed by atoms with Crippen molar-refractivity contribution in [3.63, 3.8) is 0 Å². The van der Waals surface area contributed by atoms with Gasteiger partial charge in [0.15, 0.2) is 6.10 Å². The third-order valence-electron chi connectivity index (χ3n) is 5.45. The minimum Gasteiger partial charge on any atom is -0.508 e. The zero-order valence-electron chi connectivity index (χ0n) is 16.8. The molecule has 0 spiro atoms. The number of ether oxygens (including phenoxy) is 1. The van der Waals surface area contributed by atoms with Gasteiger partial charge in [-0.25, -0.2) is 9.78 Å². The van der Waals surface area contributed by atoms with Crippen molar-refractivity contribution in [3.05, 3.63) is 60.2 Å². The second-order valence-electron chi connectivity index (χ2n) is 7.66. The summed E-state index contributed by atoms with van der Waals surface area (Å²) in [5.74, 6) is -0.684. The number of pyridine rings is 1. The van der Waals surface area contributed by atoms with E-state index in [0.29, 0.717) is 22.2 Å². The van der Waals surface area contributed by atoms with Crippen LogP contribution in [0.1, 0.15) is 43.0 Å². The van der Waals surface area contributed by atoms with Crippen molar-refractivity contribution in [2.24, 2.45) is 0 Å². The Morgan fingerprint density at radius 2 is 1.80 bits per heavy atom. The smallest absolute Gasteiger partial charge is 0.339 e. The van der Waals surface area contributed by atoms with Gasteiger partial charge in [0.05, 0.1) is 16.8 Å². The van der Waals surface area contributed by atoms with Crippen LogP contribution < -0.4 is 5.32 Å².